The molecule has 0 amide bonds. The summed E-state index contributed by atoms with van der Waals surface area (Å²) in [4.78, 5) is 0. The zero-order chi connectivity index (χ0) is 8.11. The summed E-state index contributed by atoms with van der Waals surface area (Å²) in [5, 5.41) is 3.62. The first-order chi connectivity index (χ1) is 5.04. The van der Waals surface area contributed by atoms with Crippen molar-refractivity contribution in [2.24, 2.45) is 10.8 Å². The van der Waals surface area contributed by atoms with E-state index in [2.05, 4.69) is 26.1 Å². The Hall–Kier alpha value is -0.0400. The fourth-order valence-corrected chi connectivity index (χ4v) is 2.36. The average molecular weight is 153 g/mol. The predicted octanol–water partition coefficient (Wildman–Crippen LogP) is 2.17. The van der Waals surface area contributed by atoms with Crippen molar-refractivity contribution in [3.8, 4) is 0 Å². The SMILES string of the molecule is CC1NCC2(CC2)CC1(C)C. The highest BCUT2D eigenvalue weighted by Crippen LogP contribution is 2.55. The second-order valence-electron chi connectivity index (χ2n) is 5.27. The molecule has 1 aliphatic heterocycles. The summed E-state index contributed by atoms with van der Waals surface area (Å²) in [6, 6.07) is 0.703. The zero-order valence-corrected chi connectivity index (χ0v) is 7.91. The van der Waals surface area contributed by atoms with Crippen molar-refractivity contribution in [1.82, 2.24) is 5.32 Å². The molecular formula is C10H19N. The summed E-state index contributed by atoms with van der Waals surface area (Å²) in [7, 11) is 0. The van der Waals surface area contributed by atoms with Gasteiger partial charge in [0, 0.05) is 12.6 Å². The van der Waals surface area contributed by atoms with Gasteiger partial charge in [0.2, 0.25) is 0 Å². The Kier molecular flexibility index (Phi) is 1.39. The normalized spacial score (nSPS) is 39.0. The standard InChI is InChI=1S/C10H19N/c1-8-9(2,3)6-10(4-5-10)7-11-8/h8,11H,4-7H2,1-3H3. The minimum absolute atomic E-state index is 0.523. The predicted molar refractivity (Wildman–Crippen MR) is 47.5 cm³/mol. The maximum absolute atomic E-state index is 3.62. The van der Waals surface area contributed by atoms with Crippen molar-refractivity contribution in [3.05, 3.63) is 0 Å². The minimum atomic E-state index is 0.523. The molecule has 1 heterocycles. The summed E-state index contributed by atoms with van der Waals surface area (Å²) in [5.41, 5.74) is 1.25. The summed E-state index contributed by atoms with van der Waals surface area (Å²) in [5.74, 6) is 0. The van der Waals surface area contributed by atoms with Crippen LogP contribution in [0.2, 0.25) is 0 Å². The largest absolute Gasteiger partial charge is 0.313 e. The molecule has 1 unspecified atom stereocenters. The van der Waals surface area contributed by atoms with Gasteiger partial charge in [-0.2, -0.15) is 0 Å². The van der Waals surface area contributed by atoms with E-state index in [4.69, 9.17) is 0 Å². The Morgan fingerprint density at radius 2 is 1.91 bits per heavy atom. The Balaban J connectivity index is 2.08. The average Bonchev–Trinajstić information content (AvgIpc) is 2.61. The number of hydrogen-bond acceptors (Lipinski definition) is 1. The van der Waals surface area contributed by atoms with E-state index in [1.54, 1.807) is 0 Å². The van der Waals surface area contributed by atoms with Crippen molar-refractivity contribution in [2.45, 2.75) is 46.1 Å². The van der Waals surface area contributed by atoms with Crippen molar-refractivity contribution < 1.29 is 0 Å². The molecule has 1 saturated carbocycles. The fraction of sp³-hybridized carbons (Fsp3) is 1.00. The third-order valence-electron chi connectivity index (χ3n) is 3.74. The quantitative estimate of drug-likeness (QED) is 0.562. The van der Waals surface area contributed by atoms with Crippen molar-refractivity contribution in [1.29, 1.82) is 0 Å². The zero-order valence-electron chi connectivity index (χ0n) is 7.91. The van der Waals surface area contributed by atoms with Crippen molar-refractivity contribution in [3.63, 3.8) is 0 Å². The van der Waals surface area contributed by atoms with Crippen LogP contribution in [0.15, 0.2) is 0 Å². The molecule has 2 fully saturated rings. The molecule has 1 heteroatoms. The second kappa shape index (κ2) is 2.01. The lowest BCUT2D eigenvalue weighted by atomic mass is 9.73. The molecule has 1 N–H and O–H groups in total. The van der Waals surface area contributed by atoms with Crippen LogP contribution in [0.1, 0.15) is 40.0 Å². The molecule has 1 aliphatic carbocycles. The number of rotatable bonds is 0. The molecule has 0 aromatic carbocycles. The molecule has 0 bridgehead atoms. The third kappa shape index (κ3) is 1.20. The van der Waals surface area contributed by atoms with Gasteiger partial charge in [-0.1, -0.05) is 13.8 Å². The summed E-state index contributed by atoms with van der Waals surface area (Å²) < 4.78 is 0. The molecule has 1 atom stereocenters. The fourth-order valence-electron chi connectivity index (χ4n) is 2.36. The lowest BCUT2D eigenvalue weighted by Crippen LogP contribution is -2.49. The van der Waals surface area contributed by atoms with Crippen LogP contribution in [0.25, 0.3) is 0 Å². The number of hydrogen-bond donors (Lipinski definition) is 1. The monoisotopic (exact) mass is 153 g/mol. The molecule has 1 spiro atoms. The Labute approximate surface area is 69.6 Å². The van der Waals surface area contributed by atoms with Crippen LogP contribution < -0.4 is 5.32 Å². The van der Waals surface area contributed by atoms with Crippen LogP contribution >= 0.6 is 0 Å². The van der Waals surface area contributed by atoms with Gasteiger partial charge in [0.1, 0.15) is 0 Å². The minimum Gasteiger partial charge on any atom is -0.313 e. The van der Waals surface area contributed by atoms with Crippen molar-refractivity contribution >= 4 is 0 Å². The molecule has 2 rings (SSSR count). The van der Waals surface area contributed by atoms with Crippen LogP contribution in [-0.4, -0.2) is 12.6 Å². The molecule has 0 aromatic rings. The van der Waals surface area contributed by atoms with Gasteiger partial charge in [0.25, 0.3) is 0 Å². The molecular weight excluding hydrogens is 134 g/mol. The van der Waals surface area contributed by atoms with Gasteiger partial charge in [0.05, 0.1) is 0 Å². The van der Waals surface area contributed by atoms with E-state index in [0.717, 1.165) is 5.41 Å². The summed E-state index contributed by atoms with van der Waals surface area (Å²) >= 11 is 0. The summed E-state index contributed by atoms with van der Waals surface area (Å²) in [6.07, 6.45) is 4.38. The molecule has 1 nitrogen and oxygen atoms in total. The maximum atomic E-state index is 3.62. The maximum Gasteiger partial charge on any atom is 0.00903 e. The smallest absolute Gasteiger partial charge is 0.00903 e. The van der Waals surface area contributed by atoms with Gasteiger partial charge in [-0.25, -0.2) is 0 Å². The first-order valence-electron chi connectivity index (χ1n) is 4.78. The van der Waals surface area contributed by atoms with E-state index in [9.17, 15) is 0 Å². The number of nitrogens with one attached hydrogen (secondary N) is 1. The van der Waals surface area contributed by atoms with Gasteiger partial charge in [0.15, 0.2) is 0 Å². The van der Waals surface area contributed by atoms with Crippen LogP contribution in [0.5, 0.6) is 0 Å². The lowest BCUT2D eigenvalue weighted by molar-refractivity contribution is 0.131. The van der Waals surface area contributed by atoms with Crippen LogP contribution in [0.4, 0.5) is 0 Å². The third-order valence-corrected chi connectivity index (χ3v) is 3.74. The Morgan fingerprint density at radius 1 is 1.27 bits per heavy atom. The first-order valence-corrected chi connectivity index (χ1v) is 4.78. The van der Waals surface area contributed by atoms with Gasteiger partial charge in [-0.15, -0.1) is 0 Å². The topological polar surface area (TPSA) is 12.0 Å². The summed E-state index contributed by atoms with van der Waals surface area (Å²) in [6.45, 7) is 8.38. The van der Waals surface area contributed by atoms with Crippen LogP contribution in [0.3, 0.4) is 0 Å². The number of piperidine rings is 1. The molecule has 0 radical (unpaired) electrons. The van der Waals surface area contributed by atoms with E-state index in [-0.39, 0.29) is 0 Å². The van der Waals surface area contributed by atoms with E-state index >= 15 is 0 Å². The lowest BCUT2D eigenvalue weighted by Gasteiger charge is -2.42. The van der Waals surface area contributed by atoms with Gasteiger partial charge in [-0.3, -0.25) is 0 Å². The highest BCUT2D eigenvalue weighted by molar-refractivity contribution is 5.04. The highest BCUT2D eigenvalue weighted by atomic mass is 15.0. The molecule has 11 heavy (non-hydrogen) atoms. The van der Waals surface area contributed by atoms with Crippen LogP contribution in [-0.2, 0) is 0 Å². The Bertz CT molecular complexity index is 168. The van der Waals surface area contributed by atoms with Crippen molar-refractivity contribution in [2.75, 3.05) is 6.54 Å². The highest BCUT2D eigenvalue weighted by Gasteiger charge is 2.50. The van der Waals surface area contributed by atoms with Gasteiger partial charge >= 0.3 is 0 Å². The molecule has 2 aliphatic rings. The first kappa shape index (κ1) is 7.60. The van der Waals surface area contributed by atoms with E-state index in [0.29, 0.717) is 11.5 Å². The van der Waals surface area contributed by atoms with Gasteiger partial charge < -0.3 is 5.32 Å². The molecule has 0 aromatic heterocycles. The van der Waals surface area contributed by atoms with E-state index in [1.807, 2.05) is 0 Å². The van der Waals surface area contributed by atoms with E-state index in [1.165, 1.54) is 25.8 Å². The molecule has 64 valence electrons. The Morgan fingerprint density at radius 3 is 2.36 bits per heavy atom. The molecule has 1 saturated heterocycles. The van der Waals surface area contributed by atoms with Crippen LogP contribution in [0, 0.1) is 10.8 Å². The van der Waals surface area contributed by atoms with E-state index < -0.39 is 0 Å². The van der Waals surface area contributed by atoms with Gasteiger partial charge in [-0.05, 0) is 37.0 Å². The second-order valence-corrected chi connectivity index (χ2v) is 5.27.